The molecule has 1 saturated heterocycles. The van der Waals surface area contributed by atoms with Crippen LogP contribution in [0.15, 0.2) is 29.3 Å². The second kappa shape index (κ2) is 12.5. The zero-order valence-electron chi connectivity index (χ0n) is 16.0. The van der Waals surface area contributed by atoms with E-state index in [-0.39, 0.29) is 35.9 Å². The van der Waals surface area contributed by atoms with Crippen LogP contribution in [0, 0.1) is 5.82 Å². The number of benzene rings is 1. The van der Waals surface area contributed by atoms with E-state index in [1.54, 1.807) is 26.3 Å². The van der Waals surface area contributed by atoms with Crippen molar-refractivity contribution in [3.8, 4) is 0 Å². The van der Waals surface area contributed by atoms with Gasteiger partial charge in [-0.2, -0.15) is 0 Å². The van der Waals surface area contributed by atoms with Crippen LogP contribution in [0.5, 0.6) is 0 Å². The third-order valence-corrected chi connectivity index (χ3v) is 4.67. The van der Waals surface area contributed by atoms with Gasteiger partial charge in [0.05, 0.1) is 6.10 Å². The molecule has 148 valence electrons. The van der Waals surface area contributed by atoms with Crippen LogP contribution in [0.2, 0.25) is 0 Å². The Balaban J connectivity index is 0.00000338. The lowest BCUT2D eigenvalue weighted by Gasteiger charge is -2.33. The van der Waals surface area contributed by atoms with Gasteiger partial charge in [-0.05, 0) is 43.5 Å². The fraction of sp³-hybridized carbons (Fsp3) is 0.632. The Labute approximate surface area is 173 Å². The van der Waals surface area contributed by atoms with Gasteiger partial charge in [0.2, 0.25) is 0 Å². The molecule has 1 aromatic carbocycles. The highest BCUT2D eigenvalue weighted by molar-refractivity contribution is 14.0. The van der Waals surface area contributed by atoms with Crippen LogP contribution in [0.25, 0.3) is 0 Å². The van der Waals surface area contributed by atoms with E-state index in [0.29, 0.717) is 12.6 Å². The van der Waals surface area contributed by atoms with Crippen LogP contribution in [-0.4, -0.2) is 57.2 Å². The van der Waals surface area contributed by atoms with Crippen LogP contribution in [-0.2, 0) is 4.74 Å². The first kappa shape index (κ1) is 23.1. The fourth-order valence-corrected chi connectivity index (χ4v) is 3.21. The number of piperidine rings is 1. The lowest BCUT2D eigenvalue weighted by atomic mass is 10.1. The molecule has 1 aliphatic heterocycles. The van der Waals surface area contributed by atoms with E-state index >= 15 is 0 Å². The summed E-state index contributed by atoms with van der Waals surface area (Å²) >= 11 is 0. The minimum absolute atomic E-state index is 0. The third-order valence-electron chi connectivity index (χ3n) is 4.67. The molecule has 0 saturated carbocycles. The zero-order chi connectivity index (χ0) is 18.1. The summed E-state index contributed by atoms with van der Waals surface area (Å²) in [7, 11) is 3.44. The van der Waals surface area contributed by atoms with Crippen molar-refractivity contribution in [3.05, 3.63) is 35.6 Å². The van der Waals surface area contributed by atoms with E-state index in [4.69, 9.17) is 4.74 Å². The summed E-state index contributed by atoms with van der Waals surface area (Å²) in [6.45, 7) is 6.27. The molecule has 7 heteroatoms. The number of guanidine groups is 1. The monoisotopic (exact) mass is 478 g/mol. The molecule has 0 aliphatic carbocycles. The molecular weight excluding hydrogens is 446 g/mol. The topological polar surface area (TPSA) is 48.9 Å². The number of halogens is 2. The minimum atomic E-state index is -0.238. The molecule has 1 unspecified atom stereocenters. The Morgan fingerprint density at radius 3 is 2.50 bits per heavy atom. The summed E-state index contributed by atoms with van der Waals surface area (Å²) in [6, 6.07) is 6.87. The van der Waals surface area contributed by atoms with Gasteiger partial charge < -0.3 is 20.3 Å². The zero-order valence-corrected chi connectivity index (χ0v) is 18.3. The number of aliphatic imine (C=N–C) groups is 1. The molecule has 0 aromatic heterocycles. The van der Waals surface area contributed by atoms with Crippen molar-refractivity contribution in [3.63, 3.8) is 0 Å². The molecule has 1 heterocycles. The quantitative estimate of drug-likeness (QED) is 0.359. The maximum Gasteiger partial charge on any atom is 0.191 e. The number of rotatable bonds is 7. The van der Waals surface area contributed by atoms with E-state index in [1.165, 1.54) is 25.1 Å². The predicted octanol–water partition coefficient (Wildman–Crippen LogP) is 3.17. The molecule has 1 fully saturated rings. The number of nitrogens with one attached hydrogen (secondary N) is 2. The number of methoxy groups -OCH3 is 1. The van der Waals surface area contributed by atoms with E-state index in [0.717, 1.165) is 37.5 Å². The molecule has 0 radical (unpaired) electrons. The van der Waals surface area contributed by atoms with Crippen molar-refractivity contribution < 1.29 is 9.13 Å². The van der Waals surface area contributed by atoms with Gasteiger partial charge in [-0.3, -0.25) is 4.99 Å². The first-order valence-corrected chi connectivity index (χ1v) is 9.14. The molecule has 2 rings (SSSR count). The normalized spacial score (nSPS) is 17.5. The fourth-order valence-electron chi connectivity index (χ4n) is 3.21. The Kier molecular flexibility index (Phi) is 11.1. The average Bonchev–Trinajstić information content (AvgIpc) is 2.64. The van der Waals surface area contributed by atoms with Gasteiger partial charge >= 0.3 is 0 Å². The highest BCUT2D eigenvalue weighted by Gasteiger charge is 2.19. The average molecular weight is 478 g/mol. The number of nitrogens with zero attached hydrogens (tertiary/aromatic N) is 2. The standard InChI is InChI=1S/C19H31FN4O.HI/c1-4-11-24-12-9-17(10-13-24)23-19(21-2)22-14-18(25-3)15-5-7-16(20)8-6-15;/h5-8,17-18H,4,9-14H2,1-3H3,(H2,21,22,23);1H. The molecule has 2 N–H and O–H groups in total. The third kappa shape index (κ3) is 7.36. The van der Waals surface area contributed by atoms with Gasteiger partial charge in [0.15, 0.2) is 5.96 Å². The molecule has 1 aromatic rings. The van der Waals surface area contributed by atoms with Gasteiger partial charge in [-0.1, -0.05) is 19.1 Å². The van der Waals surface area contributed by atoms with Crippen molar-refractivity contribution in [1.82, 2.24) is 15.5 Å². The number of hydrogen-bond acceptors (Lipinski definition) is 3. The summed E-state index contributed by atoms with van der Waals surface area (Å²) in [5.41, 5.74) is 0.944. The summed E-state index contributed by atoms with van der Waals surface area (Å²) < 4.78 is 18.6. The largest absolute Gasteiger partial charge is 0.375 e. The van der Waals surface area contributed by atoms with Gasteiger partial charge in [0.25, 0.3) is 0 Å². The summed E-state index contributed by atoms with van der Waals surface area (Å²) in [5, 5.41) is 6.83. The lowest BCUT2D eigenvalue weighted by Crippen LogP contribution is -2.49. The van der Waals surface area contributed by atoms with Gasteiger partial charge in [-0.15, -0.1) is 24.0 Å². The van der Waals surface area contributed by atoms with Crippen molar-refractivity contribution in [2.45, 2.75) is 38.3 Å². The van der Waals surface area contributed by atoms with Crippen LogP contribution < -0.4 is 10.6 Å². The maximum atomic E-state index is 13.1. The Bertz CT molecular complexity index is 533. The molecule has 0 amide bonds. The Hall–Kier alpha value is -0.930. The van der Waals surface area contributed by atoms with Crippen molar-refractivity contribution >= 4 is 29.9 Å². The smallest absolute Gasteiger partial charge is 0.191 e. The SMILES string of the molecule is CCCN1CCC(NC(=NC)NCC(OC)c2ccc(F)cc2)CC1.I. The second-order valence-electron chi connectivity index (χ2n) is 6.49. The molecule has 1 atom stereocenters. The predicted molar refractivity (Wildman–Crippen MR) is 116 cm³/mol. The molecule has 0 bridgehead atoms. The second-order valence-corrected chi connectivity index (χ2v) is 6.49. The van der Waals surface area contributed by atoms with E-state index in [9.17, 15) is 4.39 Å². The van der Waals surface area contributed by atoms with E-state index in [2.05, 4.69) is 27.4 Å². The molecule has 5 nitrogen and oxygen atoms in total. The highest BCUT2D eigenvalue weighted by Crippen LogP contribution is 2.16. The molecule has 26 heavy (non-hydrogen) atoms. The van der Waals surface area contributed by atoms with E-state index < -0.39 is 0 Å². The number of ether oxygens (including phenoxy) is 1. The molecular formula is C19H32FIN4O. The lowest BCUT2D eigenvalue weighted by molar-refractivity contribution is 0.106. The number of hydrogen-bond donors (Lipinski definition) is 2. The molecule has 0 spiro atoms. The first-order valence-electron chi connectivity index (χ1n) is 9.14. The van der Waals surface area contributed by atoms with Crippen molar-refractivity contribution in [2.24, 2.45) is 4.99 Å². The summed E-state index contributed by atoms with van der Waals surface area (Å²) in [4.78, 5) is 6.83. The Morgan fingerprint density at radius 1 is 1.31 bits per heavy atom. The van der Waals surface area contributed by atoms with Crippen molar-refractivity contribution in [1.29, 1.82) is 0 Å². The van der Waals surface area contributed by atoms with Gasteiger partial charge in [-0.25, -0.2) is 4.39 Å². The molecule has 1 aliphatic rings. The van der Waals surface area contributed by atoms with Crippen LogP contribution in [0.3, 0.4) is 0 Å². The van der Waals surface area contributed by atoms with Crippen LogP contribution in [0.1, 0.15) is 37.9 Å². The van der Waals surface area contributed by atoms with Crippen LogP contribution >= 0.6 is 24.0 Å². The first-order chi connectivity index (χ1) is 12.2. The summed E-state index contributed by atoms with van der Waals surface area (Å²) in [6.07, 6.45) is 3.33. The highest BCUT2D eigenvalue weighted by atomic mass is 127. The maximum absolute atomic E-state index is 13.1. The number of likely N-dealkylation sites (tertiary alicyclic amines) is 1. The van der Waals surface area contributed by atoms with Gasteiger partial charge in [0, 0.05) is 39.8 Å². The summed E-state index contributed by atoms with van der Waals surface area (Å²) in [5.74, 6) is 0.552. The minimum Gasteiger partial charge on any atom is -0.375 e. The van der Waals surface area contributed by atoms with E-state index in [1.807, 2.05) is 0 Å². The van der Waals surface area contributed by atoms with Gasteiger partial charge in [0.1, 0.15) is 5.82 Å². The van der Waals surface area contributed by atoms with Crippen molar-refractivity contribution in [2.75, 3.05) is 40.3 Å². The van der Waals surface area contributed by atoms with Crippen LogP contribution in [0.4, 0.5) is 4.39 Å². The Morgan fingerprint density at radius 2 is 1.96 bits per heavy atom.